The Kier molecular flexibility index (Phi) is 4.16. The van der Waals surface area contributed by atoms with Crippen LogP contribution in [-0.2, 0) is 13.2 Å². The number of aromatic nitrogens is 3. The Morgan fingerprint density at radius 3 is 2.45 bits per heavy atom. The molecule has 3 aromatic rings. The summed E-state index contributed by atoms with van der Waals surface area (Å²) in [4.78, 5) is 0. The van der Waals surface area contributed by atoms with Gasteiger partial charge in [-0.15, -0.1) is 5.10 Å². The second kappa shape index (κ2) is 6.41. The van der Waals surface area contributed by atoms with Gasteiger partial charge in [0.1, 0.15) is 23.7 Å². The Morgan fingerprint density at radius 2 is 1.77 bits per heavy atom. The maximum atomic E-state index is 9.44. The van der Waals surface area contributed by atoms with Gasteiger partial charge < -0.3 is 9.84 Å². The molecular weight excluding hydrogens is 278 g/mol. The molecule has 0 atom stereocenters. The Morgan fingerprint density at radius 1 is 1.05 bits per heavy atom. The third-order valence-electron chi connectivity index (χ3n) is 3.39. The minimum Gasteiger partial charge on any atom is -0.487 e. The fraction of sp³-hybridized carbons (Fsp3) is 0.176. The minimum absolute atomic E-state index is 0.167. The molecular formula is C17H17N3O2. The third-order valence-corrected chi connectivity index (χ3v) is 3.39. The SMILES string of the molecule is Cc1ccc(OCc2c(CO)nnn2-c2ccccc2)cc1. The summed E-state index contributed by atoms with van der Waals surface area (Å²) in [5.74, 6) is 0.773. The van der Waals surface area contributed by atoms with Crippen molar-refractivity contribution in [2.24, 2.45) is 0 Å². The largest absolute Gasteiger partial charge is 0.487 e. The number of aliphatic hydroxyl groups excluding tert-OH is 1. The van der Waals surface area contributed by atoms with Crippen molar-refractivity contribution in [3.05, 3.63) is 71.5 Å². The Hall–Kier alpha value is -2.66. The molecule has 2 aromatic carbocycles. The molecule has 0 unspecified atom stereocenters. The van der Waals surface area contributed by atoms with E-state index in [0.717, 1.165) is 17.1 Å². The molecule has 1 N–H and O–H groups in total. The van der Waals surface area contributed by atoms with Gasteiger partial charge in [0, 0.05) is 0 Å². The monoisotopic (exact) mass is 295 g/mol. The number of ether oxygens (including phenoxy) is 1. The van der Waals surface area contributed by atoms with Crippen LogP contribution in [0.15, 0.2) is 54.6 Å². The minimum atomic E-state index is -0.167. The highest BCUT2D eigenvalue weighted by Crippen LogP contribution is 2.17. The van der Waals surface area contributed by atoms with E-state index in [9.17, 15) is 5.11 Å². The first-order valence-corrected chi connectivity index (χ1v) is 7.07. The first kappa shape index (κ1) is 14.3. The molecule has 0 amide bonds. The molecule has 1 heterocycles. The number of hydrogen-bond acceptors (Lipinski definition) is 4. The quantitative estimate of drug-likeness (QED) is 0.786. The Labute approximate surface area is 128 Å². The number of nitrogens with zero attached hydrogens (tertiary/aromatic N) is 3. The van der Waals surface area contributed by atoms with E-state index in [0.29, 0.717) is 12.3 Å². The zero-order valence-corrected chi connectivity index (χ0v) is 12.3. The lowest BCUT2D eigenvalue weighted by Crippen LogP contribution is -2.07. The summed E-state index contributed by atoms with van der Waals surface area (Å²) in [6.07, 6.45) is 0. The van der Waals surface area contributed by atoms with Crippen LogP contribution in [0.5, 0.6) is 5.75 Å². The summed E-state index contributed by atoms with van der Waals surface area (Å²) in [5.41, 5.74) is 3.34. The predicted molar refractivity (Wildman–Crippen MR) is 82.8 cm³/mol. The standard InChI is InChI=1S/C17H17N3O2/c1-13-7-9-15(10-8-13)22-12-17-16(11-21)18-19-20(17)14-5-3-2-4-6-14/h2-10,21H,11-12H2,1H3. The molecule has 0 bridgehead atoms. The van der Waals surface area contributed by atoms with E-state index < -0.39 is 0 Å². The van der Waals surface area contributed by atoms with Crippen LogP contribution >= 0.6 is 0 Å². The summed E-state index contributed by atoms with van der Waals surface area (Å²) >= 11 is 0. The summed E-state index contributed by atoms with van der Waals surface area (Å²) in [5, 5.41) is 17.6. The maximum absolute atomic E-state index is 9.44. The molecule has 3 rings (SSSR count). The summed E-state index contributed by atoms with van der Waals surface area (Å²) in [6, 6.07) is 17.5. The van der Waals surface area contributed by atoms with Gasteiger partial charge in [-0.25, -0.2) is 4.68 Å². The summed E-state index contributed by atoms with van der Waals surface area (Å²) in [7, 11) is 0. The third kappa shape index (κ3) is 2.99. The number of rotatable bonds is 5. The number of hydrogen-bond donors (Lipinski definition) is 1. The topological polar surface area (TPSA) is 60.2 Å². The van der Waals surface area contributed by atoms with Crippen LogP contribution in [-0.4, -0.2) is 20.1 Å². The molecule has 22 heavy (non-hydrogen) atoms. The highest BCUT2D eigenvalue weighted by atomic mass is 16.5. The molecule has 0 fully saturated rings. The lowest BCUT2D eigenvalue weighted by atomic mass is 10.2. The van der Waals surface area contributed by atoms with Crippen molar-refractivity contribution in [2.75, 3.05) is 0 Å². The van der Waals surface area contributed by atoms with E-state index in [1.54, 1.807) is 4.68 Å². The van der Waals surface area contributed by atoms with Crippen LogP contribution in [0, 0.1) is 6.92 Å². The molecule has 0 aliphatic rings. The van der Waals surface area contributed by atoms with E-state index >= 15 is 0 Å². The molecule has 0 radical (unpaired) electrons. The van der Waals surface area contributed by atoms with Crippen LogP contribution in [0.25, 0.3) is 5.69 Å². The smallest absolute Gasteiger partial charge is 0.132 e. The van der Waals surface area contributed by atoms with Gasteiger partial charge in [0.15, 0.2) is 0 Å². The normalized spacial score (nSPS) is 10.6. The summed E-state index contributed by atoms with van der Waals surface area (Å²) < 4.78 is 7.49. The molecule has 0 saturated heterocycles. The van der Waals surface area contributed by atoms with E-state index in [-0.39, 0.29) is 6.61 Å². The second-order valence-corrected chi connectivity index (χ2v) is 4.99. The molecule has 1 aromatic heterocycles. The van der Waals surface area contributed by atoms with Crippen molar-refractivity contribution in [1.82, 2.24) is 15.0 Å². The van der Waals surface area contributed by atoms with Crippen molar-refractivity contribution < 1.29 is 9.84 Å². The number of para-hydroxylation sites is 1. The highest BCUT2D eigenvalue weighted by Gasteiger charge is 2.14. The van der Waals surface area contributed by atoms with Gasteiger partial charge in [-0.3, -0.25) is 0 Å². The molecule has 0 spiro atoms. The van der Waals surface area contributed by atoms with E-state index in [1.807, 2.05) is 61.5 Å². The van der Waals surface area contributed by atoms with Crippen molar-refractivity contribution in [1.29, 1.82) is 0 Å². The van der Waals surface area contributed by atoms with Crippen molar-refractivity contribution in [3.8, 4) is 11.4 Å². The molecule has 0 aliphatic heterocycles. The average Bonchev–Trinajstić information content (AvgIpc) is 2.98. The summed E-state index contributed by atoms with van der Waals surface area (Å²) in [6.45, 7) is 2.16. The highest BCUT2D eigenvalue weighted by molar-refractivity contribution is 5.33. The number of benzene rings is 2. The van der Waals surface area contributed by atoms with Gasteiger partial charge in [-0.2, -0.15) is 0 Å². The van der Waals surface area contributed by atoms with Crippen LogP contribution in [0.1, 0.15) is 17.0 Å². The lowest BCUT2D eigenvalue weighted by molar-refractivity contribution is 0.263. The molecule has 0 saturated carbocycles. The Balaban J connectivity index is 1.86. The van der Waals surface area contributed by atoms with Gasteiger partial charge in [0.25, 0.3) is 0 Å². The fourth-order valence-electron chi connectivity index (χ4n) is 2.16. The first-order chi connectivity index (χ1) is 10.8. The molecule has 112 valence electrons. The number of aliphatic hydroxyl groups is 1. The lowest BCUT2D eigenvalue weighted by Gasteiger charge is -2.09. The zero-order valence-electron chi connectivity index (χ0n) is 12.3. The fourth-order valence-corrected chi connectivity index (χ4v) is 2.16. The van der Waals surface area contributed by atoms with Crippen LogP contribution in [0.3, 0.4) is 0 Å². The second-order valence-electron chi connectivity index (χ2n) is 4.99. The van der Waals surface area contributed by atoms with E-state index in [1.165, 1.54) is 5.56 Å². The van der Waals surface area contributed by atoms with E-state index in [4.69, 9.17) is 4.74 Å². The van der Waals surface area contributed by atoms with Gasteiger partial charge >= 0.3 is 0 Å². The predicted octanol–water partition coefficient (Wildman–Crippen LogP) is 2.65. The van der Waals surface area contributed by atoms with Crippen molar-refractivity contribution >= 4 is 0 Å². The first-order valence-electron chi connectivity index (χ1n) is 7.07. The van der Waals surface area contributed by atoms with Crippen molar-refractivity contribution in [3.63, 3.8) is 0 Å². The van der Waals surface area contributed by atoms with E-state index in [2.05, 4.69) is 10.3 Å². The molecule has 5 heteroatoms. The van der Waals surface area contributed by atoms with Gasteiger partial charge in [0.2, 0.25) is 0 Å². The average molecular weight is 295 g/mol. The zero-order chi connectivity index (χ0) is 15.4. The van der Waals surface area contributed by atoms with Crippen molar-refractivity contribution in [2.45, 2.75) is 20.1 Å². The van der Waals surface area contributed by atoms with Crippen LogP contribution < -0.4 is 4.74 Å². The molecule has 0 aliphatic carbocycles. The van der Waals surface area contributed by atoms with Gasteiger partial charge in [-0.1, -0.05) is 41.1 Å². The van der Waals surface area contributed by atoms with Crippen LogP contribution in [0.4, 0.5) is 0 Å². The maximum Gasteiger partial charge on any atom is 0.132 e. The molecule has 5 nitrogen and oxygen atoms in total. The number of aryl methyl sites for hydroxylation is 1. The van der Waals surface area contributed by atoms with Gasteiger partial charge in [0.05, 0.1) is 12.3 Å². The Bertz CT molecular complexity index is 736. The van der Waals surface area contributed by atoms with Gasteiger partial charge in [-0.05, 0) is 31.2 Å². The van der Waals surface area contributed by atoms with Crippen LogP contribution in [0.2, 0.25) is 0 Å².